The molecule has 2 aromatic carbocycles. The van der Waals surface area contributed by atoms with Gasteiger partial charge in [0, 0.05) is 27.7 Å². The molecule has 0 bridgehead atoms. The van der Waals surface area contributed by atoms with Gasteiger partial charge in [0.1, 0.15) is 5.82 Å². The van der Waals surface area contributed by atoms with Crippen LogP contribution in [-0.4, -0.2) is 7.05 Å². The van der Waals surface area contributed by atoms with Crippen molar-refractivity contribution in [2.75, 3.05) is 7.05 Å². The largest absolute Gasteiger partial charge is 0.316 e. The van der Waals surface area contributed by atoms with E-state index in [1.807, 2.05) is 25.2 Å². The van der Waals surface area contributed by atoms with E-state index in [4.69, 9.17) is 23.2 Å². The second-order valence-corrected chi connectivity index (χ2v) is 4.81. The number of benzene rings is 2. The standard InChI is InChI=1S/C14H12Cl2FN/c1-18-8-9-2-4-11(13(16)6-9)12-5-3-10(15)7-14(12)17/h2-7,18H,8H2,1H3. The van der Waals surface area contributed by atoms with E-state index in [1.165, 1.54) is 6.07 Å². The molecule has 0 radical (unpaired) electrons. The summed E-state index contributed by atoms with van der Waals surface area (Å²) < 4.78 is 13.8. The fourth-order valence-electron chi connectivity index (χ4n) is 1.80. The lowest BCUT2D eigenvalue weighted by molar-refractivity contribution is 0.631. The third kappa shape index (κ3) is 2.83. The first-order valence-corrected chi connectivity index (χ1v) is 6.26. The van der Waals surface area contributed by atoms with Gasteiger partial charge in [-0.1, -0.05) is 35.3 Å². The second-order valence-electron chi connectivity index (χ2n) is 3.97. The number of hydrogen-bond acceptors (Lipinski definition) is 1. The minimum absolute atomic E-state index is 0.370. The first kappa shape index (κ1) is 13.3. The molecule has 0 saturated heterocycles. The van der Waals surface area contributed by atoms with E-state index in [0.29, 0.717) is 21.2 Å². The van der Waals surface area contributed by atoms with Crippen LogP contribution in [0.1, 0.15) is 5.56 Å². The van der Waals surface area contributed by atoms with E-state index < -0.39 is 0 Å². The number of rotatable bonds is 3. The van der Waals surface area contributed by atoms with E-state index in [0.717, 1.165) is 12.1 Å². The zero-order valence-electron chi connectivity index (χ0n) is 9.81. The van der Waals surface area contributed by atoms with Gasteiger partial charge in [0.05, 0.1) is 0 Å². The average Bonchev–Trinajstić information content (AvgIpc) is 2.31. The highest BCUT2D eigenvalue weighted by molar-refractivity contribution is 6.33. The number of nitrogens with one attached hydrogen (secondary N) is 1. The van der Waals surface area contributed by atoms with Gasteiger partial charge in [-0.3, -0.25) is 0 Å². The van der Waals surface area contributed by atoms with Gasteiger partial charge in [-0.2, -0.15) is 0 Å². The van der Waals surface area contributed by atoms with E-state index >= 15 is 0 Å². The van der Waals surface area contributed by atoms with Crippen LogP contribution in [0.2, 0.25) is 10.0 Å². The molecule has 0 aromatic heterocycles. The molecule has 4 heteroatoms. The zero-order chi connectivity index (χ0) is 13.1. The Balaban J connectivity index is 2.44. The van der Waals surface area contributed by atoms with Crippen molar-refractivity contribution < 1.29 is 4.39 Å². The summed E-state index contributed by atoms with van der Waals surface area (Å²) in [6.45, 7) is 0.725. The van der Waals surface area contributed by atoms with Gasteiger partial charge >= 0.3 is 0 Å². The van der Waals surface area contributed by atoms with E-state index in [-0.39, 0.29) is 5.82 Å². The molecule has 0 fully saturated rings. The van der Waals surface area contributed by atoms with Crippen LogP contribution in [0, 0.1) is 5.82 Å². The highest BCUT2D eigenvalue weighted by atomic mass is 35.5. The predicted octanol–water partition coefficient (Wildman–Crippen LogP) is 4.52. The summed E-state index contributed by atoms with van der Waals surface area (Å²) in [5.74, 6) is -0.370. The lowest BCUT2D eigenvalue weighted by atomic mass is 10.0. The Labute approximate surface area is 116 Å². The molecule has 1 nitrogen and oxygen atoms in total. The monoisotopic (exact) mass is 283 g/mol. The van der Waals surface area contributed by atoms with Crippen LogP contribution in [0.4, 0.5) is 4.39 Å². The van der Waals surface area contributed by atoms with Gasteiger partial charge in [-0.15, -0.1) is 0 Å². The second kappa shape index (κ2) is 5.70. The maximum Gasteiger partial charge on any atom is 0.132 e. The molecule has 1 N–H and O–H groups in total. The molecule has 0 aliphatic rings. The Kier molecular flexibility index (Phi) is 4.23. The fourth-order valence-corrected chi connectivity index (χ4v) is 2.26. The molecule has 0 aliphatic carbocycles. The molecular formula is C14H12Cl2FN. The molecule has 0 aliphatic heterocycles. The highest BCUT2D eigenvalue weighted by Gasteiger charge is 2.09. The predicted molar refractivity (Wildman–Crippen MR) is 74.6 cm³/mol. The van der Waals surface area contributed by atoms with Crippen LogP contribution in [0.15, 0.2) is 36.4 Å². The first-order valence-electron chi connectivity index (χ1n) is 5.50. The van der Waals surface area contributed by atoms with Crippen molar-refractivity contribution in [1.82, 2.24) is 5.32 Å². The van der Waals surface area contributed by atoms with Gasteiger partial charge in [-0.25, -0.2) is 4.39 Å². The first-order chi connectivity index (χ1) is 8.61. The van der Waals surface area contributed by atoms with E-state index in [2.05, 4.69) is 5.32 Å². The number of halogens is 3. The molecule has 0 spiro atoms. The maximum absolute atomic E-state index is 13.8. The van der Waals surface area contributed by atoms with Crippen LogP contribution in [0.3, 0.4) is 0 Å². The molecule has 2 rings (SSSR count). The van der Waals surface area contributed by atoms with Crippen LogP contribution < -0.4 is 5.32 Å². The molecule has 0 unspecified atom stereocenters. The minimum Gasteiger partial charge on any atom is -0.316 e. The summed E-state index contributed by atoms with van der Waals surface area (Å²) in [6.07, 6.45) is 0. The van der Waals surface area contributed by atoms with Gasteiger partial charge in [0.2, 0.25) is 0 Å². The van der Waals surface area contributed by atoms with E-state index in [1.54, 1.807) is 12.1 Å². The van der Waals surface area contributed by atoms with Crippen molar-refractivity contribution in [1.29, 1.82) is 0 Å². The Hall–Kier alpha value is -1.09. The van der Waals surface area contributed by atoms with Gasteiger partial charge < -0.3 is 5.32 Å². The normalized spacial score (nSPS) is 10.7. The van der Waals surface area contributed by atoms with Crippen LogP contribution in [-0.2, 0) is 6.54 Å². The SMILES string of the molecule is CNCc1ccc(-c2ccc(Cl)cc2F)c(Cl)c1. The third-order valence-corrected chi connectivity index (χ3v) is 3.18. The summed E-state index contributed by atoms with van der Waals surface area (Å²) >= 11 is 11.9. The summed E-state index contributed by atoms with van der Waals surface area (Å²) in [4.78, 5) is 0. The average molecular weight is 284 g/mol. The van der Waals surface area contributed by atoms with Crippen molar-refractivity contribution in [3.63, 3.8) is 0 Å². The lowest BCUT2D eigenvalue weighted by Crippen LogP contribution is -2.04. The van der Waals surface area contributed by atoms with Crippen molar-refractivity contribution in [2.24, 2.45) is 0 Å². The smallest absolute Gasteiger partial charge is 0.132 e. The molecule has 0 saturated carbocycles. The molecule has 18 heavy (non-hydrogen) atoms. The van der Waals surface area contributed by atoms with Crippen LogP contribution >= 0.6 is 23.2 Å². The Morgan fingerprint density at radius 1 is 1.06 bits per heavy atom. The quantitative estimate of drug-likeness (QED) is 0.873. The summed E-state index contributed by atoms with van der Waals surface area (Å²) in [6, 6.07) is 10.2. The molecule has 94 valence electrons. The van der Waals surface area contributed by atoms with Crippen molar-refractivity contribution in [2.45, 2.75) is 6.54 Å². The van der Waals surface area contributed by atoms with Crippen molar-refractivity contribution >= 4 is 23.2 Å². The highest BCUT2D eigenvalue weighted by Crippen LogP contribution is 2.31. The van der Waals surface area contributed by atoms with Gasteiger partial charge in [0.25, 0.3) is 0 Å². The molecular weight excluding hydrogens is 272 g/mol. The molecule has 0 amide bonds. The zero-order valence-corrected chi connectivity index (χ0v) is 11.3. The molecule has 0 atom stereocenters. The minimum atomic E-state index is -0.370. The van der Waals surface area contributed by atoms with Gasteiger partial charge in [0.15, 0.2) is 0 Å². The fraction of sp³-hybridized carbons (Fsp3) is 0.143. The van der Waals surface area contributed by atoms with Gasteiger partial charge in [-0.05, 0) is 36.9 Å². The Bertz CT molecular complexity index is 570. The molecule has 0 heterocycles. The Morgan fingerprint density at radius 3 is 2.39 bits per heavy atom. The maximum atomic E-state index is 13.8. The topological polar surface area (TPSA) is 12.0 Å². The summed E-state index contributed by atoms with van der Waals surface area (Å²) in [7, 11) is 1.86. The van der Waals surface area contributed by atoms with E-state index in [9.17, 15) is 4.39 Å². The lowest BCUT2D eigenvalue weighted by Gasteiger charge is -2.08. The van der Waals surface area contributed by atoms with Crippen LogP contribution in [0.25, 0.3) is 11.1 Å². The van der Waals surface area contributed by atoms with Crippen molar-refractivity contribution in [3.05, 3.63) is 57.8 Å². The van der Waals surface area contributed by atoms with Crippen LogP contribution in [0.5, 0.6) is 0 Å². The summed E-state index contributed by atoms with van der Waals surface area (Å²) in [5.41, 5.74) is 2.19. The Morgan fingerprint density at radius 2 is 1.78 bits per heavy atom. The number of hydrogen-bond donors (Lipinski definition) is 1. The third-order valence-electron chi connectivity index (χ3n) is 2.64. The summed E-state index contributed by atoms with van der Waals surface area (Å²) in [5, 5.41) is 3.94. The molecule has 2 aromatic rings. The van der Waals surface area contributed by atoms with Crippen molar-refractivity contribution in [3.8, 4) is 11.1 Å².